The summed E-state index contributed by atoms with van der Waals surface area (Å²) >= 11 is 0. The largest absolute Gasteiger partial charge is 0.486 e. The van der Waals surface area contributed by atoms with Crippen molar-refractivity contribution in [1.29, 1.82) is 0 Å². The van der Waals surface area contributed by atoms with Gasteiger partial charge in [-0.3, -0.25) is 0 Å². The van der Waals surface area contributed by atoms with E-state index >= 15 is 0 Å². The lowest BCUT2D eigenvalue weighted by atomic mass is 9.87. The molecular formula is C14H20O3. The van der Waals surface area contributed by atoms with E-state index in [0.29, 0.717) is 19.1 Å². The number of hydrogen-bond acceptors (Lipinski definition) is 3. The maximum absolute atomic E-state index is 10.2. The molecule has 1 aromatic carbocycles. The molecule has 0 bridgehead atoms. The van der Waals surface area contributed by atoms with Gasteiger partial charge in [0.25, 0.3) is 0 Å². The lowest BCUT2D eigenvalue weighted by Gasteiger charge is -2.27. The number of hydrogen-bond donors (Lipinski definition) is 1. The van der Waals surface area contributed by atoms with Crippen molar-refractivity contribution in [3.63, 3.8) is 0 Å². The molecule has 0 radical (unpaired) electrons. The number of fused-ring (bicyclic) bond motifs is 1. The summed E-state index contributed by atoms with van der Waals surface area (Å²) in [4.78, 5) is 0. The molecule has 1 aliphatic rings. The fourth-order valence-electron chi connectivity index (χ4n) is 2.11. The van der Waals surface area contributed by atoms with Gasteiger partial charge in [-0.05, 0) is 43.0 Å². The van der Waals surface area contributed by atoms with Crippen molar-refractivity contribution >= 4 is 0 Å². The Kier molecular flexibility index (Phi) is 3.04. The summed E-state index contributed by atoms with van der Waals surface area (Å²) in [7, 11) is 0. The van der Waals surface area contributed by atoms with E-state index < -0.39 is 5.60 Å². The highest BCUT2D eigenvalue weighted by Crippen LogP contribution is 2.39. The van der Waals surface area contributed by atoms with Crippen LogP contribution in [-0.4, -0.2) is 18.3 Å². The van der Waals surface area contributed by atoms with E-state index in [1.54, 1.807) is 13.8 Å². The second-order valence-electron chi connectivity index (χ2n) is 5.30. The van der Waals surface area contributed by atoms with Gasteiger partial charge < -0.3 is 14.6 Å². The minimum Gasteiger partial charge on any atom is -0.486 e. The Hall–Kier alpha value is -1.22. The van der Waals surface area contributed by atoms with Gasteiger partial charge in [0.15, 0.2) is 11.5 Å². The van der Waals surface area contributed by atoms with Crippen molar-refractivity contribution < 1.29 is 14.6 Å². The first-order valence-corrected chi connectivity index (χ1v) is 6.06. The van der Waals surface area contributed by atoms with E-state index in [1.807, 2.05) is 12.1 Å². The van der Waals surface area contributed by atoms with Crippen LogP contribution in [0.5, 0.6) is 11.5 Å². The van der Waals surface area contributed by atoms with Gasteiger partial charge in [0.05, 0.1) is 5.60 Å². The molecule has 0 aliphatic carbocycles. The van der Waals surface area contributed by atoms with Gasteiger partial charge >= 0.3 is 0 Å². The van der Waals surface area contributed by atoms with Crippen LogP contribution >= 0.6 is 0 Å². The normalized spacial score (nSPS) is 15.2. The summed E-state index contributed by atoms with van der Waals surface area (Å²) in [6, 6.07) is 3.90. The molecule has 17 heavy (non-hydrogen) atoms. The van der Waals surface area contributed by atoms with Crippen LogP contribution in [0.25, 0.3) is 0 Å². The van der Waals surface area contributed by atoms with Crippen molar-refractivity contribution in [1.82, 2.24) is 0 Å². The van der Waals surface area contributed by atoms with Crippen LogP contribution < -0.4 is 9.47 Å². The van der Waals surface area contributed by atoms with E-state index in [0.717, 1.165) is 22.6 Å². The van der Waals surface area contributed by atoms with Crippen LogP contribution in [-0.2, 0) is 5.60 Å². The topological polar surface area (TPSA) is 38.7 Å². The number of ether oxygens (including phenoxy) is 2. The molecule has 0 fully saturated rings. The predicted octanol–water partition coefficient (Wildman–Crippen LogP) is 2.81. The zero-order valence-corrected chi connectivity index (χ0v) is 10.9. The molecule has 1 N–H and O–H groups in total. The highest BCUT2D eigenvalue weighted by atomic mass is 16.6. The molecule has 94 valence electrons. The van der Waals surface area contributed by atoms with Crippen LogP contribution in [0.2, 0.25) is 0 Å². The molecule has 2 rings (SSSR count). The molecular weight excluding hydrogens is 216 g/mol. The molecule has 3 heteroatoms. The Balaban J connectivity index is 2.56. The van der Waals surface area contributed by atoms with Crippen molar-refractivity contribution in [2.45, 2.75) is 39.2 Å². The summed E-state index contributed by atoms with van der Waals surface area (Å²) in [6.45, 7) is 8.97. The summed E-state index contributed by atoms with van der Waals surface area (Å²) in [6.07, 6.45) is 0. The highest BCUT2D eigenvalue weighted by molar-refractivity contribution is 5.50. The van der Waals surface area contributed by atoms with Crippen LogP contribution in [0.3, 0.4) is 0 Å². The maximum atomic E-state index is 10.2. The van der Waals surface area contributed by atoms with Gasteiger partial charge in [-0.2, -0.15) is 0 Å². The third-order valence-electron chi connectivity index (χ3n) is 3.00. The second kappa shape index (κ2) is 4.22. The van der Waals surface area contributed by atoms with Gasteiger partial charge in [0.1, 0.15) is 13.2 Å². The molecule has 1 aliphatic heterocycles. The van der Waals surface area contributed by atoms with E-state index in [2.05, 4.69) is 13.8 Å². The molecule has 0 aromatic heterocycles. The molecule has 0 saturated heterocycles. The zero-order valence-electron chi connectivity index (χ0n) is 10.9. The quantitative estimate of drug-likeness (QED) is 0.858. The summed E-state index contributed by atoms with van der Waals surface area (Å²) in [5.41, 5.74) is 1.16. The number of benzene rings is 1. The van der Waals surface area contributed by atoms with E-state index in [9.17, 15) is 5.11 Å². The smallest absolute Gasteiger partial charge is 0.161 e. The first-order valence-electron chi connectivity index (χ1n) is 6.06. The second-order valence-corrected chi connectivity index (χ2v) is 5.30. The van der Waals surface area contributed by atoms with Gasteiger partial charge in [-0.1, -0.05) is 13.8 Å². The lowest BCUT2D eigenvalue weighted by Crippen LogP contribution is -2.21. The fraction of sp³-hybridized carbons (Fsp3) is 0.571. The predicted molar refractivity (Wildman–Crippen MR) is 66.8 cm³/mol. The van der Waals surface area contributed by atoms with Gasteiger partial charge in [0, 0.05) is 0 Å². The van der Waals surface area contributed by atoms with Gasteiger partial charge in [0.2, 0.25) is 0 Å². The van der Waals surface area contributed by atoms with Crippen LogP contribution in [0.1, 0.15) is 44.7 Å². The summed E-state index contributed by atoms with van der Waals surface area (Å²) in [5, 5.41) is 10.2. The molecule has 0 unspecified atom stereocenters. The van der Waals surface area contributed by atoms with Gasteiger partial charge in [-0.25, -0.2) is 0 Å². The molecule has 0 atom stereocenters. The average Bonchev–Trinajstić information content (AvgIpc) is 2.26. The molecule has 1 aromatic rings. The van der Waals surface area contributed by atoms with E-state index in [4.69, 9.17) is 9.47 Å². The van der Waals surface area contributed by atoms with E-state index in [1.165, 1.54) is 0 Å². The maximum Gasteiger partial charge on any atom is 0.161 e. The minimum absolute atomic E-state index is 0.340. The summed E-state index contributed by atoms with van der Waals surface area (Å²) < 4.78 is 11.1. The Labute approximate surface area is 102 Å². The van der Waals surface area contributed by atoms with Crippen LogP contribution in [0.15, 0.2) is 12.1 Å². The number of aliphatic hydroxyl groups is 1. The standard InChI is InChI=1S/C14H20O3/c1-9(2)10-7-12-13(17-6-5-16-12)8-11(10)14(3,4)15/h7-9,15H,5-6H2,1-4H3. The third-order valence-corrected chi connectivity index (χ3v) is 3.00. The lowest BCUT2D eigenvalue weighted by molar-refractivity contribution is 0.0763. The highest BCUT2D eigenvalue weighted by Gasteiger charge is 2.25. The fourth-order valence-corrected chi connectivity index (χ4v) is 2.11. The monoisotopic (exact) mass is 236 g/mol. The molecule has 0 spiro atoms. The molecule has 1 heterocycles. The molecule has 0 amide bonds. The Morgan fingerprint density at radius 1 is 1.12 bits per heavy atom. The Bertz CT molecular complexity index is 416. The van der Waals surface area contributed by atoms with Crippen LogP contribution in [0.4, 0.5) is 0 Å². The Morgan fingerprint density at radius 2 is 1.65 bits per heavy atom. The zero-order chi connectivity index (χ0) is 12.6. The van der Waals surface area contributed by atoms with Crippen molar-refractivity contribution in [2.24, 2.45) is 0 Å². The number of rotatable bonds is 2. The van der Waals surface area contributed by atoms with E-state index in [-0.39, 0.29) is 0 Å². The summed E-state index contributed by atoms with van der Waals surface area (Å²) in [5.74, 6) is 1.86. The first kappa shape index (κ1) is 12.2. The SMILES string of the molecule is CC(C)c1cc2c(cc1C(C)(C)O)OCCO2. The minimum atomic E-state index is -0.866. The molecule has 0 saturated carbocycles. The van der Waals surface area contributed by atoms with Crippen molar-refractivity contribution in [2.75, 3.05) is 13.2 Å². The Morgan fingerprint density at radius 3 is 2.12 bits per heavy atom. The van der Waals surface area contributed by atoms with Crippen molar-refractivity contribution in [3.05, 3.63) is 23.3 Å². The average molecular weight is 236 g/mol. The van der Waals surface area contributed by atoms with Gasteiger partial charge in [-0.15, -0.1) is 0 Å². The van der Waals surface area contributed by atoms with Crippen LogP contribution in [0, 0.1) is 0 Å². The molecule has 3 nitrogen and oxygen atoms in total. The third kappa shape index (κ3) is 2.39. The van der Waals surface area contributed by atoms with Crippen molar-refractivity contribution in [3.8, 4) is 11.5 Å². The first-order chi connectivity index (χ1) is 7.89.